The van der Waals surface area contributed by atoms with Crippen LogP contribution in [0, 0.1) is 0 Å². The number of nitrogens with two attached hydrogens (primary N) is 1. The van der Waals surface area contributed by atoms with Gasteiger partial charge in [-0.25, -0.2) is 9.78 Å². The average molecular weight is 607 g/mol. The number of benzene rings is 3. The Balaban J connectivity index is 1.24. The maximum Gasteiger partial charge on any atom is 0.407 e. The third kappa shape index (κ3) is 6.03. The molecule has 6 rings (SSSR count). The Bertz CT molecular complexity index is 1780. The molecule has 0 unspecified atom stereocenters. The van der Waals surface area contributed by atoms with Crippen LogP contribution in [0.4, 0.5) is 4.79 Å². The number of alkyl carbamates (subject to hydrolysis) is 1. The van der Waals surface area contributed by atoms with Gasteiger partial charge in [-0.05, 0) is 75.3 Å². The van der Waals surface area contributed by atoms with Gasteiger partial charge in [0.25, 0.3) is 0 Å². The van der Waals surface area contributed by atoms with Crippen molar-refractivity contribution < 1.29 is 14.3 Å². The largest absolute Gasteiger partial charge is 0.449 e. The molecule has 0 saturated heterocycles. The first-order valence-electron chi connectivity index (χ1n) is 13.7. The molecule has 1 amide bonds. The van der Waals surface area contributed by atoms with Gasteiger partial charge in [0.05, 0.1) is 10.7 Å². The van der Waals surface area contributed by atoms with Crippen LogP contribution >= 0.6 is 23.4 Å². The summed E-state index contributed by atoms with van der Waals surface area (Å²) in [5, 5.41) is 3.87. The first-order valence-corrected chi connectivity index (χ1v) is 14.9. The minimum Gasteiger partial charge on any atom is -0.449 e. The summed E-state index contributed by atoms with van der Waals surface area (Å²) < 4.78 is 5.76. The molecule has 214 valence electrons. The molecule has 0 spiro atoms. The molecule has 7 nitrogen and oxygen atoms in total. The summed E-state index contributed by atoms with van der Waals surface area (Å²) >= 11 is 8.12. The lowest BCUT2D eigenvalue weighted by Gasteiger charge is -2.17. The molecule has 5 aromatic rings. The number of aromatic nitrogens is 2. The molecule has 1 aliphatic carbocycles. The van der Waals surface area contributed by atoms with E-state index in [1.165, 1.54) is 22.9 Å². The Morgan fingerprint density at radius 3 is 2.40 bits per heavy atom. The highest BCUT2D eigenvalue weighted by Crippen LogP contribution is 2.44. The van der Waals surface area contributed by atoms with Crippen molar-refractivity contribution in [2.24, 2.45) is 5.73 Å². The number of halogens is 1. The maximum atomic E-state index is 13.0. The lowest BCUT2D eigenvalue weighted by atomic mass is 9.98. The Kier molecular flexibility index (Phi) is 8.51. The zero-order chi connectivity index (χ0) is 29.8. The number of amides is 1. The SMILES string of the molecule is NCc1cc(-c2cc(Cl)c(Sc3ncccc3C=O)c(CNC(=O)OCC3c4ccccc4-c4ccccc43)c2)ccn1. The number of carbonyl (C=O) groups is 2. The van der Waals surface area contributed by atoms with Crippen molar-refractivity contribution in [1.82, 2.24) is 15.3 Å². The number of nitrogens with zero attached hydrogens (tertiary/aromatic N) is 2. The van der Waals surface area contributed by atoms with Crippen LogP contribution in [0.15, 0.2) is 107 Å². The van der Waals surface area contributed by atoms with Gasteiger partial charge in [0, 0.05) is 41.9 Å². The van der Waals surface area contributed by atoms with Gasteiger partial charge in [-0.2, -0.15) is 0 Å². The van der Waals surface area contributed by atoms with Gasteiger partial charge in [0.1, 0.15) is 11.6 Å². The van der Waals surface area contributed by atoms with Crippen molar-refractivity contribution in [3.63, 3.8) is 0 Å². The molecule has 3 N–H and O–H groups in total. The summed E-state index contributed by atoms with van der Waals surface area (Å²) in [5.74, 6) is -0.0450. The molecule has 0 bridgehead atoms. The van der Waals surface area contributed by atoms with Gasteiger partial charge in [0.15, 0.2) is 6.29 Å². The van der Waals surface area contributed by atoms with Crippen molar-refractivity contribution in [3.05, 3.63) is 130 Å². The van der Waals surface area contributed by atoms with E-state index in [9.17, 15) is 9.59 Å². The number of fused-ring (bicyclic) bond motifs is 3. The van der Waals surface area contributed by atoms with E-state index < -0.39 is 6.09 Å². The monoisotopic (exact) mass is 606 g/mol. The fourth-order valence-electron chi connectivity index (χ4n) is 5.32. The number of hydrogen-bond donors (Lipinski definition) is 2. The van der Waals surface area contributed by atoms with E-state index in [0.29, 0.717) is 27.1 Å². The molecular formula is C34H27ClN4O3S. The van der Waals surface area contributed by atoms with Crippen LogP contribution in [-0.2, 0) is 17.8 Å². The van der Waals surface area contributed by atoms with Crippen molar-refractivity contribution >= 4 is 35.7 Å². The van der Waals surface area contributed by atoms with Crippen LogP contribution in [-0.4, -0.2) is 29.0 Å². The smallest absolute Gasteiger partial charge is 0.407 e. The second-order valence-corrected chi connectivity index (χ2v) is 11.4. The number of ether oxygens (including phenoxy) is 1. The van der Waals surface area contributed by atoms with Gasteiger partial charge in [-0.3, -0.25) is 9.78 Å². The van der Waals surface area contributed by atoms with Gasteiger partial charge in [-0.1, -0.05) is 71.9 Å². The molecule has 43 heavy (non-hydrogen) atoms. The standard InChI is InChI=1S/C34H27ClN4O3S/c35-31-16-23(21-11-13-37-25(15-21)17-36)14-24(32(31)43-33-22(19-40)6-5-12-38-33)18-39-34(41)42-20-30-28-9-3-1-7-26(28)27-8-2-4-10-29(27)30/h1-16,19,30H,17-18,20,36H2,(H,39,41). The fraction of sp³-hybridized carbons (Fsp3) is 0.118. The predicted octanol–water partition coefficient (Wildman–Crippen LogP) is 7.26. The van der Waals surface area contributed by atoms with Crippen LogP contribution in [0.3, 0.4) is 0 Å². The van der Waals surface area contributed by atoms with Crippen LogP contribution < -0.4 is 11.1 Å². The molecular weight excluding hydrogens is 580 g/mol. The zero-order valence-corrected chi connectivity index (χ0v) is 24.6. The Hall–Kier alpha value is -4.50. The number of carbonyl (C=O) groups excluding carboxylic acids is 2. The van der Waals surface area contributed by atoms with Crippen LogP contribution in [0.1, 0.15) is 38.7 Å². The van der Waals surface area contributed by atoms with E-state index >= 15 is 0 Å². The lowest BCUT2D eigenvalue weighted by Crippen LogP contribution is -2.26. The van der Waals surface area contributed by atoms with Crippen molar-refractivity contribution in [1.29, 1.82) is 0 Å². The van der Waals surface area contributed by atoms with E-state index in [0.717, 1.165) is 39.8 Å². The number of pyridine rings is 2. The van der Waals surface area contributed by atoms with Crippen LogP contribution in [0.5, 0.6) is 0 Å². The van der Waals surface area contributed by atoms with Crippen molar-refractivity contribution in [2.45, 2.75) is 28.9 Å². The van der Waals surface area contributed by atoms with E-state index in [1.54, 1.807) is 24.5 Å². The quantitative estimate of drug-likeness (QED) is 0.170. The molecule has 1 aliphatic rings. The molecule has 2 aromatic heterocycles. The minimum atomic E-state index is -0.542. The molecule has 3 aromatic carbocycles. The molecule has 9 heteroatoms. The highest BCUT2D eigenvalue weighted by atomic mass is 35.5. The van der Waals surface area contributed by atoms with E-state index in [4.69, 9.17) is 22.1 Å². The van der Waals surface area contributed by atoms with E-state index in [-0.39, 0.29) is 19.1 Å². The summed E-state index contributed by atoms with van der Waals surface area (Å²) in [6, 6.07) is 27.4. The van der Waals surface area contributed by atoms with Gasteiger partial charge < -0.3 is 15.8 Å². The highest BCUT2D eigenvalue weighted by molar-refractivity contribution is 7.99. The Labute approximate surface area is 258 Å². The molecule has 0 saturated carbocycles. The van der Waals surface area contributed by atoms with Crippen LogP contribution in [0.2, 0.25) is 5.02 Å². The maximum absolute atomic E-state index is 13.0. The third-order valence-corrected chi connectivity index (χ3v) is 9.00. The van der Waals surface area contributed by atoms with E-state index in [2.05, 4.69) is 39.6 Å². The van der Waals surface area contributed by atoms with E-state index in [1.807, 2.05) is 48.5 Å². The van der Waals surface area contributed by atoms with Crippen molar-refractivity contribution in [2.75, 3.05) is 6.61 Å². The summed E-state index contributed by atoms with van der Waals surface area (Å²) in [6.07, 6.45) is 3.54. The number of aldehydes is 1. The third-order valence-electron chi connectivity index (χ3n) is 7.37. The van der Waals surface area contributed by atoms with Gasteiger partial charge >= 0.3 is 6.09 Å². The molecule has 0 fully saturated rings. The molecule has 0 aliphatic heterocycles. The second-order valence-electron chi connectivity index (χ2n) is 9.98. The lowest BCUT2D eigenvalue weighted by molar-refractivity contribution is 0.112. The normalized spacial score (nSPS) is 12.0. The number of rotatable bonds is 9. The Morgan fingerprint density at radius 2 is 1.67 bits per heavy atom. The highest BCUT2D eigenvalue weighted by Gasteiger charge is 2.29. The minimum absolute atomic E-state index is 0.0450. The summed E-state index contributed by atoms with van der Waals surface area (Å²) in [6.45, 7) is 0.655. The molecule has 2 heterocycles. The first kappa shape index (κ1) is 28.6. The number of nitrogens with one attached hydrogen (secondary N) is 1. The number of hydrogen-bond acceptors (Lipinski definition) is 7. The fourth-order valence-corrected chi connectivity index (χ4v) is 6.64. The summed E-state index contributed by atoms with van der Waals surface area (Å²) in [7, 11) is 0. The second kappa shape index (κ2) is 12.8. The Morgan fingerprint density at radius 1 is 0.930 bits per heavy atom. The summed E-state index contributed by atoms with van der Waals surface area (Å²) in [5.41, 5.74) is 14.1. The van der Waals surface area contributed by atoms with Gasteiger partial charge in [-0.15, -0.1) is 0 Å². The van der Waals surface area contributed by atoms with Crippen LogP contribution in [0.25, 0.3) is 22.3 Å². The average Bonchev–Trinajstić information content (AvgIpc) is 3.37. The molecule has 0 radical (unpaired) electrons. The summed E-state index contributed by atoms with van der Waals surface area (Å²) in [4.78, 5) is 34.0. The molecule has 0 atom stereocenters. The predicted molar refractivity (Wildman–Crippen MR) is 168 cm³/mol. The van der Waals surface area contributed by atoms with Gasteiger partial charge in [0.2, 0.25) is 0 Å². The first-order chi connectivity index (χ1) is 21.1. The topological polar surface area (TPSA) is 107 Å². The zero-order valence-electron chi connectivity index (χ0n) is 23.0. The van der Waals surface area contributed by atoms with Crippen molar-refractivity contribution in [3.8, 4) is 22.3 Å².